The number of nitrogens with one attached hydrogen (secondary N) is 1. The fraction of sp³-hybridized carbons (Fsp3) is 0.294. The Morgan fingerprint density at radius 3 is 2.68 bits per heavy atom. The molecule has 0 aliphatic rings. The summed E-state index contributed by atoms with van der Waals surface area (Å²) >= 11 is 3.49. The first kappa shape index (κ1) is 16.5. The number of amides is 1. The van der Waals surface area contributed by atoms with Gasteiger partial charge in [0.2, 0.25) is 0 Å². The molecular formula is C17H20BrN3O. The molecule has 0 atom stereocenters. The molecule has 0 saturated carbocycles. The van der Waals surface area contributed by atoms with Gasteiger partial charge in [0.1, 0.15) is 5.69 Å². The fourth-order valence-electron chi connectivity index (χ4n) is 2.00. The number of para-hydroxylation sites is 1. The van der Waals surface area contributed by atoms with Crippen LogP contribution in [-0.2, 0) is 0 Å². The van der Waals surface area contributed by atoms with Crippen molar-refractivity contribution in [2.45, 2.75) is 19.8 Å². The van der Waals surface area contributed by atoms with E-state index in [0.717, 1.165) is 35.2 Å². The number of rotatable bonds is 6. The minimum atomic E-state index is -0.0408. The van der Waals surface area contributed by atoms with Crippen LogP contribution in [0, 0.1) is 0 Å². The molecule has 1 N–H and O–H groups in total. The molecule has 0 radical (unpaired) electrons. The van der Waals surface area contributed by atoms with E-state index in [9.17, 15) is 4.79 Å². The van der Waals surface area contributed by atoms with Gasteiger partial charge in [-0.25, -0.2) is 4.98 Å². The van der Waals surface area contributed by atoms with Gasteiger partial charge in [-0.1, -0.05) is 25.5 Å². The first-order valence-corrected chi connectivity index (χ1v) is 8.14. The minimum absolute atomic E-state index is 0.0408. The van der Waals surface area contributed by atoms with E-state index >= 15 is 0 Å². The van der Waals surface area contributed by atoms with Crippen LogP contribution in [0.25, 0.3) is 0 Å². The van der Waals surface area contributed by atoms with Crippen molar-refractivity contribution in [3.05, 3.63) is 52.8 Å². The highest BCUT2D eigenvalue weighted by Crippen LogP contribution is 2.24. The number of nitrogens with zero attached hydrogens (tertiary/aromatic N) is 2. The zero-order chi connectivity index (χ0) is 15.9. The molecule has 22 heavy (non-hydrogen) atoms. The van der Waals surface area contributed by atoms with E-state index in [1.165, 1.54) is 0 Å². The van der Waals surface area contributed by atoms with Crippen LogP contribution in [0.2, 0.25) is 0 Å². The van der Waals surface area contributed by atoms with Crippen molar-refractivity contribution in [2.75, 3.05) is 18.9 Å². The molecule has 0 aliphatic heterocycles. The van der Waals surface area contributed by atoms with Crippen LogP contribution in [0.1, 0.15) is 30.3 Å². The Morgan fingerprint density at radius 1 is 1.27 bits per heavy atom. The van der Waals surface area contributed by atoms with Crippen molar-refractivity contribution in [1.82, 2.24) is 9.88 Å². The molecule has 1 aromatic heterocycles. The summed E-state index contributed by atoms with van der Waals surface area (Å²) in [5.74, 6) is -0.0408. The Labute approximate surface area is 139 Å². The summed E-state index contributed by atoms with van der Waals surface area (Å²) in [5, 5.41) is 3.27. The average molecular weight is 362 g/mol. The number of benzene rings is 1. The summed E-state index contributed by atoms with van der Waals surface area (Å²) < 4.78 is 0.981. The monoisotopic (exact) mass is 361 g/mol. The van der Waals surface area contributed by atoms with Crippen LogP contribution in [0.3, 0.4) is 0 Å². The van der Waals surface area contributed by atoms with Crippen LogP contribution in [0.15, 0.2) is 47.1 Å². The lowest BCUT2D eigenvalue weighted by atomic mass is 10.2. The second-order valence-electron chi connectivity index (χ2n) is 5.12. The Kier molecular flexibility index (Phi) is 5.95. The van der Waals surface area contributed by atoms with Crippen LogP contribution >= 0.6 is 15.9 Å². The predicted molar refractivity (Wildman–Crippen MR) is 93.5 cm³/mol. The molecule has 1 heterocycles. The highest BCUT2D eigenvalue weighted by Gasteiger charge is 2.12. The molecular weight excluding hydrogens is 342 g/mol. The third kappa shape index (κ3) is 4.31. The summed E-state index contributed by atoms with van der Waals surface area (Å²) in [5.41, 5.74) is 2.28. The molecule has 0 spiro atoms. The Bertz CT molecular complexity index is 628. The molecule has 2 aromatic rings. The topological polar surface area (TPSA) is 45.2 Å². The molecule has 0 bridgehead atoms. The number of pyridine rings is 1. The van der Waals surface area contributed by atoms with Crippen LogP contribution < -0.4 is 5.32 Å². The number of carbonyl (C=O) groups is 1. The van der Waals surface area contributed by atoms with Crippen molar-refractivity contribution in [3.63, 3.8) is 0 Å². The summed E-state index contributed by atoms with van der Waals surface area (Å²) in [6, 6.07) is 11.5. The highest BCUT2D eigenvalue weighted by atomic mass is 79.9. The quantitative estimate of drug-likeness (QED) is 0.825. The molecule has 1 aromatic carbocycles. The van der Waals surface area contributed by atoms with E-state index < -0.39 is 0 Å². The molecule has 1 amide bonds. The van der Waals surface area contributed by atoms with Crippen LogP contribution in [-0.4, -0.2) is 29.4 Å². The minimum Gasteiger partial charge on any atom is -0.353 e. The smallest absolute Gasteiger partial charge is 0.272 e. The maximum atomic E-state index is 12.2. The number of unbranched alkanes of at least 4 members (excludes halogenated alkanes) is 1. The fourth-order valence-corrected chi connectivity index (χ4v) is 2.39. The first-order chi connectivity index (χ1) is 10.6. The number of aromatic nitrogens is 1. The summed E-state index contributed by atoms with van der Waals surface area (Å²) in [7, 11) is 1.81. The highest BCUT2D eigenvalue weighted by molar-refractivity contribution is 9.10. The Balaban J connectivity index is 2.04. The van der Waals surface area contributed by atoms with Crippen molar-refractivity contribution in [1.29, 1.82) is 0 Å². The molecule has 0 fully saturated rings. The van der Waals surface area contributed by atoms with Gasteiger partial charge in [-0.05, 0) is 46.6 Å². The molecule has 5 heteroatoms. The van der Waals surface area contributed by atoms with Gasteiger partial charge < -0.3 is 10.2 Å². The van der Waals surface area contributed by atoms with Gasteiger partial charge in [0.05, 0.1) is 17.6 Å². The molecule has 2 rings (SSSR count). The summed E-state index contributed by atoms with van der Waals surface area (Å²) in [4.78, 5) is 18.2. The first-order valence-electron chi connectivity index (χ1n) is 7.35. The van der Waals surface area contributed by atoms with Crippen molar-refractivity contribution >= 4 is 33.2 Å². The van der Waals surface area contributed by atoms with Crippen molar-refractivity contribution < 1.29 is 4.79 Å². The Morgan fingerprint density at radius 2 is 2.05 bits per heavy atom. The largest absolute Gasteiger partial charge is 0.353 e. The van der Waals surface area contributed by atoms with E-state index in [1.807, 2.05) is 37.4 Å². The number of hydrogen-bond donors (Lipinski definition) is 1. The second kappa shape index (κ2) is 7.94. The Hall–Kier alpha value is -1.88. The maximum Gasteiger partial charge on any atom is 0.272 e. The lowest BCUT2D eigenvalue weighted by Crippen LogP contribution is -2.28. The summed E-state index contributed by atoms with van der Waals surface area (Å²) in [6.07, 6.45) is 3.75. The zero-order valence-corrected chi connectivity index (χ0v) is 14.4. The molecule has 0 saturated heterocycles. The van der Waals surface area contributed by atoms with Gasteiger partial charge in [-0.15, -0.1) is 0 Å². The lowest BCUT2D eigenvalue weighted by Gasteiger charge is -2.16. The summed E-state index contributed by atoms with van der Waals surface area (Å²) in [6.45, 7) is 2.87. The van der Waals surface area contributed by atoms with Crippen LogP contribution in [0.4, 0.5) is 11.4 Å². The lowest BCUT2D eigenvalue weighted by molar-refractivity contribution is 0.0787. The van der Waals surface area contributed by atoms with Gasteiger partial charge in [-0.3, -0.25) is 4.79 Å². The molecule has 0 aliphatic carbocycles. The second-order valence-corrected chi connectivity index (χ2v) is 5.97. The molecule has 4 nitrogen and oxygen atoms in total. The number of halogens is 1. The van der Waals surface area contributed by atoms with Gasteiger partial charge in [0.25, 0.3) is 5.91 Å². The van der Waals surface area contributed by atoms with E-state index in [2.05, 4.69) is 33.2 Å². The van der Waals surface area contributed by atoms with Gasteiger partial charge in [-0.2, -0.15) is 0 Å². The maximum absolute atomic E-state index is 12.2. The number of carbonyl (C=O) groups excluding carboxylic acids is 1. The van der Waals surface area contributed by atoms with Crippen LogP contribution in [0.5, 0.6) is 0 Å². The van der Waals surface area contributed by atoms with E-state index in [4.69, 9.17) is 0 Å². The third-order valence-electron chi connectivity index (χ3n) is 3.33. The van der Waals surface area contributed by atoms with Crippen molar-refractivity contribution in [2.24, 2.45) is 0 Å². The van der Waals surface area contributed by atoms with E-state index in [1.54, 1.807) is 17.2 Å². The zero-order valence-electron chi connectivity index (χ0n) is 12.8. The normalized spacial score (nSPS) is 10.3. The van der Waals surface area contributed by atoms with E-state index in [0.29, 0.717) is 5.69 Å². The predicted octanol–water partition coefficient (Wildman–Crippen LogP) is 4.46. The number of anilines is 2. The standard InChI is InChI=1S/C17H20BrN3O/c1-3-4-11-21(2)17(22)16-10-9-13(12-19-16)20-15-8-6-5-7-14(15)18/h5-10,12,20H,3-4,11H2,1-2H3. The van der Waals surface area contributed by atoms with Gasteiger partial charge in [0, 0.05) is 18.1 Å². The number of hydrogen-bond acceptors (Lipinski definition) is 3. The molecule has 116 valence electrons. The SMILES string of the molecule is CCCCN(C)C(=O)c1ccc(Nc2ccccc2Br)cn1. The van der Waals surface area contributed by atoms with Gasteiger partial charge in [0.15, 0.2) is 0 Å². The van der Waals surface area contributed by atoms with Gasteiger partial charge >= 0.3 is 0 Å². The van der Waals surface area contributed by atoms with Crippen molar-refractivity contribution in [3.8, 4) is 0 Å². The average Bonchev–Trinajstić information content (AvgIpc) is 2.55. The molecule has 0 unspecified atom stereocenters. The van der Waals surface area contributed by atoms with E-state index in [-0.39, 0.29) is 5.91 Å². The third-order valence-corrected chi connectivity index (χ3v) is 4.02.